The molecule has 0 saturated carbocycles. The molecule has 0 aliphatic carbocycles. The van der Waals surface area contributed by atoms with Crippen LogP contribution in [0.2, 0.25) is 18.1 Å². The fourth-order valence-electron chi connectivity index (χ4n) is 0.795. The molecule has 0 bridgehead atoms. The molecule has 0 fully saturated rings. The summed E-state index contributed by atoms with van der Waals surface area (Å²) in [6.07, 6.45) is 4.88. The van der Waals surface area contributed by atoms with E-state index in [1.807, 2.05) is 0 Å². The van der Waals surface area contributed by atoms with Crippen molar-refractivity contribution in [1.82, 2.24) is 0 Å². The minimum Gasteiger partial charge on any atom is -0.0981 e. The summed E-state index contributed by atoms with van der Waals surface area (Å²) in [7, 11) is -1.12. The van der Waals surface area contributed by atoms with E-state index in [0.717, 1.165) is 0 Å². The molecule has 0 aromatic heterocycles. The number of hydrogen-bond acceptors (Lipinski definition) is 0. The minimum absolute atomic E-state index is 0.497. The third-order valence-electron chi connectivity index (χ3n) is 2.92. The summed E-state index contributed by atoms with van der Waals surface area (Å²) >= 11 is 0. The van der Waals surface area contributed by atoms with Gasteiger partial charge in [-0.1, -0.05) is 59.0 Å². The molecule has 0 atom stereocenters. The molecule has 72 valence electrons. The van der Waals surface area contributed by atoms with Crippen LogP contribution in [0.1, 0.15) is 40.5 Å². The average molecular weight is 184 g/mol. The molecular weight excluding hydrogens is 160 g/mol. The molecule has 1 heteroatoms. The largest absolute Gasteiger partial charge is 0.0981 e. The SMILES string of the molecule is CCCC=C[Si](C)(C)C(C)(C)C. The first-order chi connectivity index (χ1) is 5.31. The molecule has 0 unspecified atom stereocenters. The molecule has 0 heterocycles. The standard InChI is InChI=1S/C11H24Si/c1-7-8-9-10-12(5,6)11(2,3)4/h9-10H,7-8H2,1-6H3. The van der Waals surface area contributed by atoms with Crippen LogP contribution in [0.4, 0.5) is 0 Å². The lowest BCUT2D eigenvalue weighted by Crippen LogP contribution is -2.34. The van der Waals surface area contributed by atoms with Gasteiger partial charge in [0.05, 0.1) is 8.07 Å². The normalized spacial score (nSPS) is 14.2. The third-order valence-corrected chi connectivity index (χ3v) is 7.86. The second-order valence-corrected chi connectivity index (χ2v) is 10.4. The lowest BCUT2D eigenvalue weighted by atomic mass is 10.2. The van der Waals surface area contributed by atoms with Gasteiger partial charge in [0.25, 0.3) is 0 Å². The molecule has 0 saturated heterocycles. The Labute approximate surface area is 79.1 Å². The van der Waals surface area contributed by atoms with Crippen molar-refractivity contribution in [2.24, 2.45) is 0 Å². The molecule has 0 nitrogen and oxygen atoms in total. The van der Waals surface area contributed by atoms with E-state index in [-0.39, 0.29) is 0 Å². The summed E-state index contributed by atoms with van der Waals surface area (Å²) in [5.41, 5.74) is 2.50. The molecule has 12 heavy (non-hydrogen) atoms. The Morgan fingerprint density at radius 2 is 1.67 bits per heavy atom. The Morgan fingerprint density at radius 3 is 2.00 bits per heavy atom. The molecule has 0 aromatic carbocycles. The van der Waals surface area contributed by atoms with Crippen LogP contribution in [0, 0.1) is 0 Å². The number of unbranched alkanes of at least 4 members (excludes halogenated alkanes) is 1. The average Bonchev–Trinajstić information content (AvgIpc) is 1.85. The summed E-state index contributed by atoms with van der Waals surface area (Å²) < 4.78 is 0. The van der Waals surface area contributed by atoms with Crippen LogP contribution in [0.3, 0.4) is 0 Å². The second kappa shape index (κ2) is 4.27. The number of allylic oxidation sites excluding steroid dienone is 1. The molecule has 0 aromatic rings. The fraction of sp³-hybridized carbons (Fsp3) is 0.818. The van der Waals surface area contributed by atoms with Crippen LogP contribution in [-0.2, 0) is 0 Å². The maximum absolute atomic E-state index is 2.50. The van der Waals surface area contributed by atoms with Crippen molar-refractivity contribution in [2.45, 2.75) is 58.7 Å². The fourth-order valence-corrected chi connectivity index (χ4v) is 2.05. The topological polar surface area (TPSA) is 0 Å². The van der Waals surface area contributed by atoms with E-state index in [1.54, 1.807) is 0 Å². The van der Waals surface area contributed by atoms with Crippen molar-refractivity contribution in [3.63, 3.8) is 0 Å². The van der Waals surface area contributed by atoms with Gasteiger partial charge in [0.1, 0.15) is 0 Å². The zero-order valence-corrected chi connectivity index (χ0v) is 10.6. The zero-order valence-electron chi connectivity index (χ0n) is 9.57. The third kappa shape index (κ3) is 3.57. The Balaban J connectivity index is 4.22. The van der Waals surface area contributed by atoms with Crippen molar-refractivity contribution in [1.29, 1.82) is 0 Å². The zero-order chi connectivity index (χ0) is 9.83. The highest BCUT2D eigenvalue weighted by Crippen LogP contribution is 2.36. The number of rotatable bonds is 3. The molecule has 0 rings (SSSR count). The van der Waals surface area contributed by atoms with Crippen molar-refractivity contribution < 1.29 is 0 Å². The second-order valence-electron chi connectivity index (χ2n) is 5.16. The maximum Gasteiger partial charge on any atom is 0.0766 e. The Morgan fingerprint density at radius 1 is 1.17 bits per heavy atom. The lowest BCUT2D eigenvalue weighted by Gasteiger charge is -2.34. The predicted octanol–water partition coefficient (Wildman–Crippen LogP) is 4.39. The Hall–Kier alpha value is -0.0431. The minimum atomic E-state index is -1.12. The highest BCUT2D eigenvalue weighted by Gasteiger charge is 2.31. The first-order valence-corrected chi connectivity index (χ1v) is 8.06. The van der Waals surface area contributed by atoms with Gasteiger partial charge in [0.15, 0.2) is 0 Å². The monoisotopic (exact) mass is 184 g/mol. The highest BCUT2D eigenvalue weighted by molar-refractivity contribution is 6.84. The first-order valence-electron chi connectivity index (χ1n) is 4.99. The van der Waals surface area contributed by atoms with Gasteiger partial charge in [0.2, 0.25) is 0 Å². The van der Waals surface area contributed by atoms with Crippen molar-refractivity contribution >= 4 is 8.07 Å². The first kappa shape index (κ1) is 12.0. The van der Waals surface area contributed by atoms with E-state index in [0.29, 0.717) is 5.04 Å². The van der Waals surface area contributed by atoms with Gasteiger partial charge >= 0.3 is 0 Å². The summed E-state index contributed by atoms with van der Waals surface area (Å²) in [4.78, 5) is 0. The highest BCUT2D eigenvalue weighted by atomic mass is 28.3. The van der Waals surface area contributed by atoms with E-state index >= 15 is 0 Å². The molecule has 0 aliphatic heterocycles. The summed E-state index contributed by atoms with van der Waals surface area (Å²) in [6.45, 7) is 14.2. The van der Waals surface area contributed by atoms with Gasteiger partial charge in [-0.15, -0.1) is 0 Å². The number of hydrogen-bond donors (Lipinski definition) is 0. The van der Waals surface area contributed by atoms with Gasteiger partial charge < -0.3 is 0 Å². The molecule has 0 spiro atoms. The van der Waals surface area contributed by atoms with E-state index in [4.69, 9.17) is 0 Å². The van der Waals surface area contributed by atoms with Crippen LogP contribution < -0.4 is 0 Å². The van der Waals surface area contributed by atoms with Crippen LogP contribution in [-0.4, -0.2) is 8.07 Å². The summed E-state index contributed by atoms with van der Waals surface area (Å²) in [6, 6.07) is 0. The Kier molecular flexibility index (Phi) is 4.25. The maximum atomic E-state index is 2.50. The van der Waals surface area contributed by atoms with E-state index in [2.05, 4.69) is 52.6 Å². The van der Waals surface area contributed by atoms with E-state index in [9.17, 15) is 0 Å². The van der Waals surface area contributed by atoms with Gasteiger partial charge in [0, 0.05) is 0 Å². The molecule has 0 amide bonds. The molecule has 0 aliphatic rings. The molecular formula is C11H24Si. The summed E-state index contributed by atoms with van der Waals surface area (Å²) in [5.74, 6) is 0. The van der Waals surface area contributed by atoms with Crippen molar-refractivity contribution in [2.75, 3.05) is 0 Å². The van der Waals surface area contributed by atoms with E-state index < -0.39 is 8.07 Å². The smallest absolute Gasteiger partial charge is 0.0766 e. The van der Waals surface area contributed by atoms with Gasteiger partial charge in [-0.25, -0.2) is 0 Å². The van der Waals surface area contributed by atoms with Crippen molar-refractivity contribution in [3.05, 3.63) is 11.8 Å². The van der Waals surface area contributed by atoms with Crippen LogP contribution >= 0.6 is 0 Å². The Bertz CT molecular complexity index is 149. The van der Waals surface area contributed by atoms with Crippen LogP contribution in [0.5, 0.6) is 0 Å². The van der Waals surface area contributed by atoms with E-state index in [1.165, 1.54) is 12.8 Å². The molecule has 0 N–H and O–H groups in total. The van der Waals surface area contributed by atoms with Gasteiger partial charge in [-0.3, -0.25) is 0 Å². The van der Waals surface area contributed by atoms with Gasteiger partial charge in [-0.2, -0.15) is 0 Å². The van der Waals surface area contributed by atoms with Crippen molar-refractivity contribution in [3.8, 4) is 0 Å². The predicted molar refractivity (Wildman–Crippen MR) is 61.2 cm³/mol. The molecule has 0 radical (unpaired) electrons. The summed E-state index contributed by atoms with van der Waals surface area (Å²) in [5, 5.41) is 0.497. The lowest BCUT2D eigenvalue weighted by molar-refractivity contribution is 0.728. The van der Waals surface area contributed by atoms with Crippen LogP contribution in [0.15, 0.2) is 11.8 Å². The quantitative estimate of drug-likeness (QED) is 0.571. The van der Waals surface area contributed by atoms with Gasteiger partial charge in [-0.05, 0) is 11.5 Å². The van der Waals surface area contributed by atoms with Crippen LogP contribution in [0.25, 0.3) is 0 Å².